The Hall–Kier alpha value is -1.34. The molecule has 0 aliphatic carbocycles. The van der Waals surface area contributed by atoms with E-state index in [-0.39, 0.29) is 5.82 Å². The Morgan fingerprint density at radius 1 is 1.14 bits per heavy atom. The number of hydrogen-bond donors (Lipinski definition) is 0. The van der Waals surface area contributed by atoms with Crippen LogP contribution in [0, 0.1) is 11.9 Å². The van der Waals surface area contributed by atoms with E-state index >= 15 is 0 Å². The van der Waals surface area contributed by atoms with Crippen LogP contribution in [0.5, 0.6) is 0 Å². The first-order valence-corrected chi connectivity index (χ1v) is 4.57. The van der Waals surface area contributed by atoms with Gasteiger partial charge in [-0.15, -0.1) is 0 Å². The number of hydrogen-bond acceptors (Lipinski definition) is 0. The van der Waals surface area contributed by atoms with Gasteiger partial charge in [0.2, 0.25) is 0 Å². The fourth-order valence-corrected chi connectivity index (χ4v) is 1.55. The Morgan fingerprint density at radius 2 is 1.93 bits per heavy atom. The molecule has 0 aliphatic heterocycles. The van der Waals surface area contributed by atoms with Crippen molar-refractivity contribution < 1.29 is 4.39 Å². The fraction of sp³-hybridized carbons (Fsp3) is 0. The van der Waals surface area contributed by atoms with Crippen LogP contribution >= 0.6 is 11.6 Å². The molecule has 69 valence electrons. The Labute approximate surface area is 87.0 Å². The van der Waals surface area contributed by atoms with Gasteiger partial charge in [0.25, 0.3) is 0 Å². The Bertz CT molecular complexity index is 452. The summed E-state index contributed by atoms with van der Waals surface area (Å²) < 4.78 is 12.9. The van der Waals surface area contributed by atoms with E-state index in [9.17, 15) is 4.39 Å². The third-order valence-corrected chi connectivity index (χ3v) is 2.28. The summed E-state index contributed by atoms with van der Waals surface area (Å²) in [6, 6.07) is 14.6. The molecule has 0 saturated carbocycles. The maximum absolute atomic E-state index is 12.9. The standard InChI is InChI=1S/C12H7ClF/c13-12-7-2-1-6-11(12)9-4-3-5-10(14)8-9/h1-4,6-8H. The van der Waals surface area contributed by atoms with Crippen LogP contribution in [0.15, 0.2) is 42.5 Å². The summed E-state index contributed by atoms with van der Waals surface area (Å²) in [5.74, 6) is -0.373. The van der Waals surface area contributed by atoms with Gasteiger partial charge in [-0.3, -0.25) is 0 Å². The fourth-order valence-electron chi connectivity index (χ4n) is 1.30. The number of halogens is 2. The van der Waals surface area contributed by atoms with E-state index in [1.807, 2.05) is 18.2 Å². The second-order valence-electron chi connectivity index (χ2n) is 2.91. The molecular weight excluding hydrogens is 199 g/mol. The lowest BCUT2D eigenvalue weighted by Gasteiger charge is -2.03. The lowest BCUT2D eigenvalue weighted by Crippen LogP contribution is -1.80. The summed E-state index contributed by atoms with van der Waals surface area (Å²) in [4.78, 5) is 0. The van der Waals surface area contributed by atoms with E-state index in [2.05, 4.69) is 6.07 Å². The first-order chi connectivity index (χ1) is 6.77. The number of rotatable bonds is 1. The molecule has 2 aromatic carbocycles. The maximum Gasteiger partial charge on any atom is 0.131 e. The summed E-state index contributed by atoms with van der Waals surface area (Å²) in [5.41, 5.74) is 1.61. The van der Waals surface area contributed by atoms with Crippen molar-refractivity contribution in [1.82, 2.24) is 0 Å². The molecule has 0 amide bonds. The molecule has 0 atom stereocenters. The van der Waals surface area contributed by atoms with E-state index in [4.69, 9.17) is 11.6 Å². The molecule has 0 unspecified atom stereocenters. The molecule has 0 fully saturated rings. The van der Waals surface area contributed by atoms with Crippen molar-refractivity contribution in [1.29, 1.82) is 0 Å². The molecule has 0 N–H and O–H groups in total. The van der Waals surface area contributed by atoms with Gasteiger partial charge in [0.05, 0.1) is 0 Å². The van der Waals surface area contributed by atoms with Crippen molar-refractivity contribution in [3.63, 3.8) is 0 Å². The van der Waals surface area contributed by atoms with Gasteiger partial charge in [0.1, 0.15) is 5.82 Å². The smallest absolute Gasteiger partial charge is 0.131 e. The SMILES string of the molecule is Fc1[c]ccc(-c2ccccc2Cl)c1. The van der Waals surface area contributed by atoms with Gasteiger partial charge >= 0.3 is 0 Å². The average Bonchev–Trinajstić information content (AvgIpc) is 2.18. The van der Waals surface area contributed by atoms with E-state index in [0.29, 0.717) is 5.02 Å². The predicted molar refractivity (Wildman–Crippen MR) is 55.7 cm³/mol. The first-order valence-electron chi connectivity index (χ1n) is 4.19. The third-order valence-electron chi connectivity index (χ3n) is 1.95. The van der Waals surface area contributed by atoms with Crippen LogP contribution in [0.3, 0.4) is 0 Å². The minimum absolute atomic E-state index is 0.373. The highest BCUT2D eigenvalue weighted by molar-refractivity contribution is 6.33. The number of benzene rings is 2. The van der Waals surface area contributed by atoms with Crippen molar-refractivity contribution in [2.24, 2.45) is 0 Å². The maximum atomic E-state index is 12.9. The molecule has 0 aliphatic rings. The zero-order chi connectivity index (χ0) is 9.97. The van der Waals surface area contributed by atoms with Crippen LogP contribution < -0.4 is 0 Å². The molecular formula is C12H7ClF. The lowest BCUT2D eigenvalue weighted by atomic mass is 10.1. The molecule has 0 spiro atoms. The van der Waals surface area contributed by atoms with Gasteiger partial charge < -0.3 is 0 Å². The second kappa shape index (κ2) is 3.81. The summed E-state index contributed by atoms with van der Waals surface area (Å²) in [6.07, 6.45) is 0. The van der Waals surface area contributed by atoms with Gasteiger partial charge in [0, 0.05) is 16.7 Å². The van der Waals surface area contributed by atoms with E-state index in [1.165, 1.54) is 6.07 Å². The predicted octanol–water partition coefficient (Wildman–Crippen LogP) is 3.95. The largest absolute Gasteiger partial charge is 0.206 e. The highest BCUT2D eigenvalue weighted by Gasteiger charge is 2.02. The van der Waals surface area contributed by atoms with Gasteiger partial charge in [-0.05, 0) is 17.7 Å². The zero-order valence-electron chi connectivity index (χ0n) is 7.30. The Morgan fingerprint density at radius 3 is 2.64 bits per heavy atom. The average molecular weight is 206 g/mol. The molecule has 2 rings (SSSR count). The quantitative estimate of drug-likeness (QED) is 0.662. The van der Waals surface area contributed by atoms with Crippen LogP contribution in [-0.2, 0) is 0 Å². The van der Waals surface area contributed by atoms with Crippen LogP contribution in [0.2, 0.25) is 5.02 Å². The van der Waals surface area contributed by atoms with Crippen molar-refractivity contribution >= 4 is 11.6 Å². The summed E-state index contributed by atoms with van der Waals surface area (Å²) in [6.45, 7) is 0. The van der Waals surface area contributed by atoms with Crippen LogP contribution in [0.1, 0.15) is 0 Å². The first kappa shape index (κ1) is 9.22. The topological polar surface area (TPSA) is 0 Å². The van der Waals surface area contributed by atoms with Crippen molar-refractivity contribution in [2.45, 2.75) is 0 Å². The van der Waals surface area contributed by atoms with E-state index in [0.717, 1.165) is 11.1 Å². The Balaban J connectivity index is 2.55. The molecule has 0 saturated heterocycles. The molecule has 14 heavy (non-hydrogen) atoms. The molecule has 1 radical (unpaired) electrons. The highest BCUT2D eigenvalue weighted by Crippen LogP contribution is 2.27. The van der Waals surface area contributed by atoms with Crippen molar-refractivity contribution in [3.05, 3.63) is 59.4 Å². The molecule has 0 bridgehead atoms. The molecule has 2 aromatic rings. The van der Waals surface area contributed by atoms with Gasteiger partial charge in [-0.25, -0.2) is 4.39 Å². The summed E-state index contributed by atoms with van der Waals surface area (Å²) in [5, 5.41) is 0.623. The Kier molecular flexibility index (Phi) is 2.51. The van der Waals surface area contributed by atoms with E-state index < -0.39 is 0 Å². The minimum Gasteiger partial charge on any atom is -0.206 e. The normalized spacial score (nSPS) is 10.1. The molecule has 0 aromatic heterocycles. The second-order valence-corrected chi connectivity index (χ2v) is 3.31. The van der Waals surface area contributed by atoms with Gasteiger partial charge in [-0.2, -0.15) is 0 Å². The molecule has 2 heteroatoms. The summed E-state index contributed by atoms with van der Waals surface area (Å²) in [7, 11) is 0. The van der Waals surface area contributed by atoms with Crippen molar-refractivity contribution in [3.8, 4) is 11.1 Å². The zero-order valence-corrected chi connectivity index (χ0v) is 8.05. The van der Waals surface area contributed by atoms with Crippen molar-refractivity contribution in [2.75, 3.05) is 0 Å². The van der Waals surface area contributed by atoms with Crippen LogP contribution in [0.4, 0.5) is 4.39 Å². The van der Waals surface area contributed by atoms with Gasteiger partial charge in [0.15, 0.2) is 0 Å². The minimum atomic E-state index is -0.373. The summed E-state index contributed by atoms with van der Waals surface area (Å²) >= 11 is 5.98. The molecule has 0 heterocycles. The third kappa shape index (κ3) is 1.78. The monoisotopic (exact) mass is 205 g/mol. The highest BCUT2D eigenvalue weighted by atomic mass is 35.5. The lowest BCUT2D eigenvalue weighted by molar-refractivity contribution is 0.626. The van der Waals surface area contributed by atoms with Crippen LogP contribution in [0.25, 0.3) is 11.1 Å². The van der Waals surface area contributed by atoms with Gasteiger partial charge in [-0.1, -0.05) is 41.9 Å². The van der Waals surface area contributed by atoms with Crippen LogP contribution in [-0.4, -0.2) is 0 Å². The van der Waals surface area contributed by atoms with E-state index in [1.54, 1.807) is 18.2 Å². The molecule has 0 nitrogen and oxygen atoms in total.